The van der Waals surface area contributed by atoms with Crippen molar-refractivity contribution in [2.24, 2.45) is 0 Å². The van der Waals surface area contributed by atoms with E-state index in [1.165, 1.54) is 0 Å². The normalized spacial score (nSPS) is 17.6. The summed E-state index contributed by atoms with van der Waals surface area (Å²) in [6.45, 7) is 1.51. The number of hydrogen-bond donors (Lipinski definition) is 2. The number of nitrogens with zero attached hydrogens (tertiary/aromatic N) is 2. The molecule has 4 aromatic rings. The summed E-state index contributed by atoms with van der Waals surface area (Å²) in [4.78, 5) is 19.3. The first-order valence-corrected chi connectivity index (χ1v) is 12.2. The summed E-state index contributed by atoms with van der Waals surface area (Å²) in [7, 11) is 0. The number of amides is 1. The second-order valence-corrected chi connectivity index (χ2v) is 8.97. The predicted octanol–water partition coefficient (Wildman–Crippen LogP) is 5.78. The zero-order chi connectivity index (χ0) is 24.0. The van der Waals surface area contributed by atoms with E-state index >= 15 is 0 Å². The van der Waals surface area contributed by atoms with Gasteiger partial charge in [0.05, 0.1) is 11.6 Å². The molecule has 0 bridgehead atoms. The van der Waals surface area contributed by atoms with Crippen LogP contribution in [-0.2, 0) is 4.79 Å². The molecule has 2 heterocycles. The number of aromatic nitrogens is 1. The molecule has 6 heteroatoms. The van der Waals surface area contributed by atoms with E-state index in [2.05, 4.69) is 39.9 Å². The molecule has 35 heavy (non-hydrogen) atoms. The molecule has 5 nitrogen and oxygen atoms in total. The summed E-state index contributed by atoms with van der Waals surface area (Å²) in [6, 6.07) is 27.4. The smallest absolute Gasteiger partial charge is 0.247 e. The van der Waals surface area contributed by atoms with Gasteiger partial charge in [-0.15, -0.1) is 0 Å². The lowest BCUT2D eigenvalue weighted by molar-refractivity contribution is -0.126. The first kappa shape index (κ1) is 23.1. The van der Waals surface area contributed by atoms with E-state index in [9.17, 15) is 4.79 Å². The van der Waals surface area contributed by atoms with Crippen molar-refractivity contribution in [2.75, 3.05) is 23.3 Å². The van der Waals surface area contributed by atoms with Gasteiger partial charge in [-0.25, -0.2) is 0 Å². The summed E-state index contributed by atoms with van der Waals surface area (Å²) >= 11 is 6.09. The first-order chi connectivity index (χ1) is 17.2. The third-order valence-electron chi connectivity index (χ3n) is 6.20. The van der Waals surface area contributed by atoms with Gasteiger partial charge in [0.25, 0.3) is 0 Å². The fourth-order valence-corrected chi connectivity index (χ4v) is 4.59. The number of para-hydroxylation sites is 1. The Morgan fingerprint density at radius 3 is 2.51 bits per heavy atom. The van der Waals surface area contributed by atoms with E-state index in [0.717, 1.165) is 47.4 Å². The Hall–Kier alpha value is -3.67. The first-order valence-electron chi connectivity index (χ1n) is 11.8. The van der Waals surface area contributed by atoms with Crippen LogP contribution in [0.5, 0.6) is 0 Å². The Morgan fingerprint density at radius 1 is 0.943 bits per heavy atom. The number of carbonyl (C=O) groups excluding carboxylic acids is 1. The Balaban J connectivity index is 1.20. The molecule has 1 amide bonds. The summed E-state index contributed by atoms with van der Waals surface area (Å²) in [5.74, 6) is 0.101. The molecular weight excluding hydrogens is 456 g/mol. The molecule has 0 radical (unpaired) electrons. The second-order valence-electron chi connectivity index (χ2n) is 8.54. The fourth-order valence-electron chi connectivity index (χ4n) is 4.42. The summed E-state index contributed by atoms with van der Waals surface area (Å²) < 4.78 is 0. The van der Waals surface area contributed by atoms with Crippen LogP contribution in [0.25, 0.3) is 17.0 Å². The van der Waals surface area contributed by atoms with E-state index in [-0.39, 0.29) is 18.0 Å². The summed E-state index contributed by atoms with van der Waals surface area (Å²) in [6.07, 6.45) is 6.87. The van der Waals surface area contributed by atoms with Crippen molar-refractivity contribution >= 4 is 45.9 Å². The Labute approximate surface area is 210 Å². The molecule has 0 aliphatic carbocycles. The minimum atomic E-state index is -0.237. The highest BCUT2D eigenvalue weighted by Crippen LogP contribution is 2.29. The average molecular weight is 483 g/mol. The molecule has 2 atom stereocenters. The van der Waals surface area contributed by atoms with Crippen LogP contribution in [-0.4, -0.2) is 36.1 Å². The van der Waals surface area contributed by atoms with Crippen LogP contribution in [0.4, 0.5) is 11.4 Å². The maximum absolute atomic E-state index is 13.0. The highest BCUT2D eigenvalue weighted by Gasteiger charge is 2.46. The van der Waals surface area contributed by atoms with E-state index in [0.29, 0.717) is 5.02 Å². The molecule has 5 rings (SSSR count). The Kier molecular flexibility index (Phi) is 7.07. The van der Waals surface area contributed by atoms with Crippen molar-refractivity contribution in [2.45, 2.75) is 18.5 Å². The molecule has 176 valence electrons. The number of benzene rings is 3. The topological polar surface area (TPSA) is 57.3 Å². The van der Waals surface area contributed by atoms with Crippen molar-refractivity contribution in [1.29, 1.82) is 0 Å². The molecule has 1 saturated heterocycles. The zero-order valence-corrected chi connectivity index (χ0v) is 20.0. The van der Waals surface area contributed by atoms with E-state index in [1.807, 2.05) is 77.7 Å². The molecule has 0 saturated carbocycles. The van der Waals surface area contributed by atoms with Gasteiger partial charge in [-0.3, -0.25) is 9.78 Å². The van der Waals surface area contributed by atoms with Gasteiger partial charge < -0.3 is 15.5 Å². The van der Waals surface area contributed by atoms with Crippen LogP contribution in [0.15, 0.2) is 97.2 Å². The Morgan fingerprint density at radius 2 is 1.71 bits per heavy atom. The molecule has 0 spiro atoms. The van der Waals surface area contributed by atoms with Crippen molar-refractivity contribution in [3.63, 3.8) is 0 Å². The van der Waals surface area contributed by atoms with Gasteiger partial charge in [0.2, 0.25) is 5.91 Å². The maximum Gasteiger partial charge on any atom is 0.247 e. The van der Waals surface area contributed by atoms with Gasteiger partial charge >= 0.3 is 0 Å². The monoisotopic (exact) mass is 482 g/mol. The molecular formula is C29H27ClN4O. The highest BCUT2D eigenvalue weighted by molar-refractivity contribution is 6.31. The largest absolute Gasteiger partial charge is 0.384 e. The fraction of sp³-hybridized carbons (Fsp3) is 0.172. The van der Waals surface area contributed by atoms with Crippen LogP contribution in [0.3, 0.4) is 0 Å². The zero-order valence-electron chi connectivity index (χ0n) is 19.3. The van der Waals surface area contributed by atoms with Crippen LogP contribution >= 0.6 is 11.6 Å². The van der Waals surface area contributed by atoms with Gasteiger partial charge in [0.1, 0.15) is 6.04 Å². The standard InChI is InChI=1S/C29H27ClN4O/c30-22-13-14-24-25(16-19-32-26(24)20-22)31-17-7-18-33-28-27(15-12-21-8-3-1-4-9-21)34(29(28)35)23-10-5-2-6-11-23/h1-6,8-16,19-20,27-28,33H,7,17-18H2,(H,31,32)/b15-12+/t27-,28+/m1/s1. The maximum atomic E-state index is 13.0. The number of anilines is 2. The Bertz CT molecular complexity index is 1330. The lowest BCUT2D eigenvalue weighted by atomic mass is 9.92. The highest BCUT2D eigenvalue weighted by atomic mass is 35.5. The van der Waals surface area contributed by atoms with Gasteiger partial charge in [-0.1, -0.05) is 72.3 Å². The predicted molar refractivity (Wildman–Crippen MR) is 145 cm³/mol. The SMILES string of the molecule is O=C1[C@@H](NCCCNc2ccnc3cc(Cl)ccc23)[C@@H](/C=C/c2ccccc2)N1c1ccccc1. The summed E-state index contributed by atoms with van der Waals surface area (Å²) in [5, 5.41) is 8.68. The van der Waals surface area contributed by atoms with Gasteiger partial charge in [-0.05, 0) is 54.9 Å². The quantitative estimate of drug-likeness (QED) is 0.234. The van der Waals surface area contributed by atoms with E-state index < -0.39 is 0 Å². The van der Waals surface area contributed by atoms with Crippen molar-refractivity contribution in [3.05, 3.63) is 108 Å². The second kappa shape index (κ2) is 10.7. The summed E-state index contributed by atoms with van der Waals surface area (Å²) in [5.41, 5.74) is 3.94. The number of hydrogen-bond acceptors (Lipinski definition) is 4. The number of rotatable bonds is 9. The van der Waals surface area contributed by atoms with E-state index in [1.54, 1.807) is 6.20 Å². The molecule has 3 aromatic carbocycles. The van der Waals surface area contributed by atoms with Crippen LogP contribution in [0.2, 0.25) is 5.02 Å². The van der Waals surface area contributed by atoms with E-state index in [4.69, 9.17) is 11.6 Å². The number of carbonyl (C=O) groups is 1. The molecule has 1 fully saturated rings. The van der Waals surface area contributed by atoms with Crippen LogP contribution in [0.1, 0.15) is 12.0 Å². The van der Waals surface area contributed by atoms with Crippen LogP contribution < -0.4 is 15.5 Å². The van der Waals surface area contributed by atoms with Crippen molar-refractivity contribution in [1.82, 2.24) is 10.3 Å². The van der Waals surface area contributed by atoms with Crippen molar-refractivity contribution < 1.29 is 4.79 Å². The minimum Gasteiger partial charge on any atom is -0.384 e. The third kappa shape index (κ3) is 5.21. The molecule has 2 N–H and O–H groups in total. The third-order valence-corrected chi connectivity index (χ3v) is 6.44. The molecule has 1 aromatic heterocycles. The average Bonchev–Trinajstić information content (AvgIpc) is 2.89. The molecule has 1 aliphatic heterocycles. The lowest BCUT2D eigenvalue weighted by Crippen LogP contribution is -2.69. The van der Waals surface area contributed by atoms with Gasteiger partial charge in [-0.2, -0.15) is 0 Å². The number of halogens is 1. The lowest BCUT2D eigenvalue weighted by Gasteiger charge is -2.46. The molecule has 1 aliphatic rings. The minimum absolute atomic E-state index is 0.0352. The molecule has 0 unspecified atom stereocenters. The van der Waals surface area contributed by atoms with Crippen LogP contribution in [0, 0.1) is 0 Å². The number of β-lactam (4-membered cyclic amide) rings is 1. The number of fused-ring (bicyclic) bond motifs is 1. The van der Waals surface area contributed by atoms with Gasteiger partial charge in [0, 0.05) is 34.5 Å². The van der Waals surface area contributed by atoms with Gasteiger partial charge in [0.15, 0.2) is 0 Å². The van der Waals surface area contributed by atoms with Crippen molar-refractivity contribution in [3.8, 4) is 0 Å². The number of pyridine rings is 1. The number of nitrogens with one attached hydrogen (secondary N) is 2.